The fourth-order valence-electron chi connectivity index (χ4n) is 2.23. The molecule has 0 radical (unpaired) electrons. The van der Waals surface area contributed by atoms with Crippen LogP contribution < -0.4 is 10.6 Å². The molecule has 0 bridgehead atoms. The van der Waals surface area contributed by atoms with Crippen molar-refractivity contribution in [3.05, 3.63) is 75.5 Å². The first-order chi connectivity index (χ1) is 12.5. The molecule has 0 aliphatic heterocycles. The van der Waals surface area contributed by atoms with Crippen LogP contribution in [0.5, 0.6) is 0 Å². The van der Waals surface area contributed by atoms with Gasteiger partial charge in [-0.15, -0.1) is 10.2 Å². The second kappa shape index (κ2) is 7.83. The molecule has 1 heterocycles. The third kappa shape index (κ3) is 4.28. The molecular formula is C18H15FN4O2S. The summed E-state index contributed by atoms with van der Waals surface area (Å²) < 4.78 is 13.6. The van der Waals surface area contributed by atoms with Crippen LogP contribution in [0.3, 0.4) is 0 Å². The molecule has 3 rings (SSSR count). The molecule has 0 atom stereocenters. The van der Waals surface area contributed by atoms with Crippen molar-refractivity contribution >= 4 is 28.8 Å². The van der Waals surface area contributed by atoms with Crippen molar-refractivity contribution in [1.82, 2.24) is 15.5 Å². The Morgan fingerprint density at radius 1 is 1.08 bits per heavy atom. The van der Waals surface area contributed by atoms with E-state index >= 15 is 0 Å². The summed E-state index contributed by atoms with van der Waals surface area (Å²) in [6, 6.07) is 12.7. The minimum absolute atomic E-state index is 0.0756. The van der Waals surface area contributed by atoms with Gasteiger partial charge in [0.1, 0.15) is 10.8 Å². The van der Waals surface area contributed by atoms with Gasteiger partial charge in [0.25, 0.3) is 11.8 Å². The predicted octanol–water partition coefficient (Wildman–Crippen LogP) is 3.17. The number of hydrogen-bond donors (Lipinski definition) is 2. The fourth-order valence-corrected chi connectivity index (χ4v) is 2.82. The standard InChI is InChI=1S/C18H15FN4O2S/c1-11-22-23-18(26-11)17(25)21-14-7-4-6-12(9-14)16(24)20-10-13-5-2-3-8-15(13)19/h2-9H,10H2,1H3,(H,20,24)(H,21,25). The monoisotopic (exact) mass is 370 g/mol. The summed E-state index contributed by atoms with van der Waals surface area (Å²) in [5.74, 6) is -1.13. The number of halogens is 1. The van der Waals surface area contributed by atoms with Crippen molar-refractivity contribution in [1.29, 1.82) is 0 Å². The van der Waals surface area contributed by atoms with E-state index in [0.717, 1.165) is 0 Å². The average molecular weight is 370 g/mol. The highest BCUT2D eigenvalue weighted by molar-refractivity contribution is 7.13. The Kier molecular flexibility index (Phi) is 5.33. The number of rotatable bonds is 5. The minimum atomic E-state index is -0.389. The first-order valence-electron chi connectivity index (χ1n) is 7.76. The molecule has 0 unspecified atom stereocenters. The van der Waals surface area contributed by atoms with Gasteiger partial charge in [-0.05, 0) is 31.2 Å². The van der Waals surface area contributed by atoms with E-state index in [9.17, 15) is 14.0 Å². The lowest BCUT2D eigenvalue weighted by Gasteiger charge is -2.08. The number of anilines is 1. The summed E-state index contributed by atoms with van der Waals surface area (Å²) in [6.45, 7) is 1.83. The molecular weight excluding hydrogens is 355 g/mol. The molecule has 6 nitrogen and oxygen atoms in total. The van der Waals surface area contributed by atoms with E-state index in [1.54, 1.807) is 49.4 Å². The molecule has 0 saturated heterocycles. The van der Waals surface area contributed by atoms with Gasteiger partial charge in [-0.1, -0.05) is 35.6 Å². The van der Waals surface area contributed by atoms with E-state index in [2.05, 4.69) is 20.8 Å². The van der Waals surface area contributed by atoms with Crippen molar-refractivity contribution in [2.45, 2.75) is 13.5 Å². The maximum atomic E-state index is 13.6. The van der Waals surface area contributed by atoms with Gasteiger partial charge in [-0.25, -0.2) is 4.39 Å². The van der Waals surface area contributed by atoms with Crippen molar-refractivity contribution in [2.75, 3.05) is 5.32 Å². The maximum absolute atomic E-state index is 13.6. The summed E-state index contributed by atoms with van der Waals surface area (Å²) in [6.07, 6.45) is 0. The molecule has 26 heavy (non-hydrogen) atoms. The van der Waals surface area contributed by atoms with Crippen molar-refractivity contribution in [3.8, 4) is 0 Å². The van der Waals surface area contributed by atoms with Crippen LogP contribution in [-0.4, -0.2) is 22.0 Å². The van der Waals surface area contributed by atoms with Crippen molar-refractivity contribution in [2.24, 2.45) is 0 Å². The van der Waals surface area contributed by atoms with Gasteiger partial charge in [-0.2, -0.15) is 0 Å². The highest BCUT2D eigenvalue weighted by Gasteiger charge is 2.13. The number of aryl methyl sites for hydroxylation is 1. The largest absolute Gasteiger partial charge is 0.348 e. The molecule has 2 aromatic carbocycles. The molecule has 2 N–H and O–H groups in total. The number of aromatic nitrogens is 2. The highest BCUT2D eigenvalue weighted by atomic mass is 32.1. The van der Waals surface area contributed by atoms with Gasteiger partial charge in [0.2, 0.25) is 5.01 Å². The van der Waals surface area contributed by atoms with E-state index in [-0.39, 0.29) is 29.2 Å². The third-order valence-corrected chi connectivity index (χ3v) is 4.34. The van der Waals surface area contributed by atoms with Gasteiger partial charge in [0, 0.05) is 23.4 Å². The quantitative estimate of drug-likeness (QED) is 0.723. The zero-order valence-electron chi connectivity index (χ0n) is 13.8. The van der Waals surface area contributed by atoms with Crippen LogP contribution in [0, 0.1) is 12.7 Å². The Morgan fingerprint density at radius 3 is 2.62 bits per heavy atom. The van der Waals surface area contributed by atoms with Crippen LogP contribution >= 0.6 is 11.3 Å². The minimum Gasteiger partial charge on any atom is -0.348 e. The lowest BCUT2D eigenvalue weighted by atomic mass is 10.1. The number of nitrogens with one attached hydrogen (secondary N) is 2. The molecule has 1 aromatic heterocycles. The Balaban J connectivity index is 1.65. The summed E-state index contributed by atoms with van der Waals surface area (Å²) in [5, 5.41) is 13.9. The smallest absolute Gasteiger partial charge is 0.286 e. The normalized spacial score (nSPS) is 10.4. The Morgan fingerprint density at radius 2 is 1.88 bits per heavy atom. The van der Waals surface area contributed by atoms with Gasteiger partial charge in [-0.3, -0.25) is 9.59 Å². The maximum Gasteiger partial charge on any atom is 0.286 e. The topological polar surface area (TPSA) is 84.0 Å². The molecule has 0 aliphatic carbocycles. The molecule has 8 heteroatoms. The molecule has 3 aromatic rings. The number of carbonyl (C=O) groups is 2. The number of amides is 2. The second-order valence-electron chi connectivity index (χ2n) is 5.44. The first-order valence-corrected chi connectivity index (χ1v) is 8.58. The summed E-state index contributed by atoms with van der Waals surface area (Å²) in [5.41, 5.74) is 1.21. The second-order valence-corrected chi connectivity index (χ2v) is 6.62. The molecule has 0 saturated carbocycles. The van der Waals surface area contributed by atoms with Crippen LogP contribution in [-0.2, 0) is 6.54 Å². The Hall–Kier alpha value is -3.13. The van der Waals surface area contributed by atoms with E-state index in [4.69, 9.17) is 0 Å². The van der Waals surface area contributed by atoms with Crippen LogP contribution in [0.25, 0.3) is 0 Å². The summed E-state index contributed by atoms with van der Waals surface area (Å²) in [4.78, 5) is 24.4. The SMILES string of the molecule is Cc1nnc(C(=O)Nc2cccc(C(=O)NCc3ccccc3F)c2)s1. The zero-order chi connectivity index (χ0) is 18.5. The third-order valence-electron chi connectivity index (χ3n) is 3.50. The summed E-state index contributed by atoms with van der Waals surface area (Å²) in [7, 11) is 0. The van der Waals surface area contributed by atoms with Gasteiger partial charge >= 0.3 is 0 Å². The summed E-state index contributed by atoms with van der Waals surface area (Å²) >= 11 is 1.18. The fraction of sp³-hybridized carbons (Fsp3) is 0.111. The van der Waals surface area contributed by atoms with Crippen LogP contribution in [0.1, 0.15) is 30.7 Å². The van der Waals surface area contributed by atoms with E-state index in [1.165, 1.54) is 17.4 Å². The molecule has 132 valence electrons. The van der Waals surface area contributed by atoms with E-state index < -0.39 is 0 Å². The van der Waals surface area contributed by atoms with Crippen molar-refractivity contribution in [3.63, 3.8) is 0 Å². The average Bonchev–Trinajstić information content (AvgIpc) is 3.07. The van der Waals surface area contributed by atoms with Gasteiger partial charge < -0.3 is 10.6 Å². The highest BCUT2D eigenvalue weighted by Crippen LogP contribution is 2.15. The lowest BCUT2D eigenvalue weighted by molar-refractivity contribution is 0.0949. The first kappa shape index (κ1) is 17.7. The van der Waals surface area contributed by atoms with Crippen LogP contribution in [0.4, 0.5) is 10.1 Å². The molecule has 2 amide bonds. The Labute approximate surface area is 153 Å². The molecule has 0 aliphatic rings. The number of benzene rings is 2. The van der Waals surface area contributed by atoms with Gasteiger partial charge in [0.15, 0.2) is 0 Å². The van der Waals surface area contributed by atoms with Crippen molar-refractivity contribution < 1.29 is 14.0 Å². The van der Waals surface area contributed by atoms with Gasteiger partial charge in [0.05, 0.1) is 0 Å². The number of hydrogen-bond acceptors (Lipinski definition) is 5. The Bertz CT molecular complexity index is 958. The number of carbonyl (C=O) groups excluding carboxylic acids is 2. The van der Waals surface area contributed by atoms with Crippen LogP contribution in [0.2, 0.25) is 0 Å². The molecule has 0 spiro atoms. The van der Waals surface area contributed by atoms with Crippen LogP contribution in [0.15, 0.2) is 48.5 Å². The molecule has 0 fully saturated rings. The predicted molar refractivity (Wildman–Crippen MR) is 96.6 cm³/mol. The number of nitrogens with zero attached hydrogens (tertiary/aromatic N) is 2. The lowest BCUT2D eigenvalue weighted by Crippen LogP contribution is -2.23. The van der Waals surface area contributed by atoms with E-state index in [1.807, 2.05) is 0 Å². The van der Waals surface area contributed by atoms with E-state index in [0.29, 0.717) is 21.8 Å². The zero-order valence-corrected chi connectivity index (χ0v) is 14.6.